The Morgan fingerprint density at radius 3 is 2.61 bits per heavy atom. The fourth-order valence-corrected chi connectivity index (χ4v) is 1.86. The number of halogens is 1. The van der Waals surface area contributed by atoms with Crippen molar-refractivity contribution < 1.29 is 9.53 Å². The van der Waals surface area contributed by atoms with E-state index in [9.17, 15) is 4.79 Å². The number of ether oxygens (including phenoxy) is 1. The zero-order chi connectivity index (χ0) is 13.4. The quantitative estimate of drug-likeness (QED) is 0.611. The molecule has 3 nitrogen and oxygen atoms in total. The molecule has 100 valence electrons. The number of hydrogen-bond donors (Lipinski definition) is 1. The van der Waals surface area contributed by atoms with E-state index in [2.05, 4.69) is 5.32 Å². The van der Waals surface area contributed by atoms with Gasteiger partial charge in [-0.1, -0.05) is 37.3 Å². The average Bonchev–Trinajstić information content (AvgIpc) is 2.40. The summed E-state index contributed by atoms with van der Waals surface area (Å²) >= 11 is 5.99. The fourth-order valence-electron chi connectivity index (χ4n) is 1.64. The summed E-state index contributed by atoms with van der Waals surface area (Å²) in [7, 11) is 0. The number of alkyl halides is 1. The maximum Gasteiger partial charge on any atom is 0.246 e. The van der Waals surface area contributed by atoms with Crippen LogP contribution in [-0.2, 0) is 15.1 Å². The molecule has 0 aliphatic carbocycles. The second kappa shape index (κ2) is 7.39. The standard InChI is InChI=1S/C14H20ClNO2/c1-3-9-18-10-13(17)16-14(2,11-15)12-7-5-4-6-8-12/h4-8H,3,9-11H2,1-2H3,(H,16,17). The third-order valence-corrected chi connectivity index (χ3v) is 3.21. The number of hydrogen-bond acceptors (Lipinski definition) is 2. The van der Waals surface area contributed by atoms with Gasteiger partial charge in [-0.2, -0.15) is 0 Å². The van der Waals surface area contributed by atoms with Crippen LogP contribution < -0.4 is 5.32 Å². The number of carbonyl (C=O) groups is 1. The molecule has 0 saturated carbocycles. The van der Waals surface area contributed by atoms with Gasteiger partial charge in [-0.25, -0.2) is 0 Å². The average molecular weight is 270 g/mol. The molecule has 0 radical (unpaired) electrons. The van der Waals surface area contributed by atoms with Gasteiger partial charge < -0.3 is 10.1 Å². The second-order valence-corrected chi connectivity index (χ2v) is 4.70. The molecule has 0 heterocycles. The molecular formula is C14H20ClNO2. The Balaban J connectivity index is 2.63. The van der Waals surface area contributed by atoms with Gasteiger partial charge in [0.05, 0.1) is 5.54 Å². The van der Waals surface area contributed by atoms with Crippen LogP contribution >= 0.6 is 11.6 Å². The third kappa shape index (κ3) is 4.31. The van der Waals surface area contributed by atoms with Crippen molar-refractivity contribution in [2.24, 2.45) is 0 Å². The van der Waals surface area contributed by atoms with Gasteiger partial charge >= 0.3 is 0 Å². The largest absolute Gasteiger partial charge is 0.372 e. The molecule has 1 unspecified atom stereocenters. The first kappa shape index (κ1) is 15.0. The van der Waals surface area contributed by atoms with E-state index in [4.69, 9.17) is 16.3 Å². The van der Waals surface area contributed by atoms with Crippen LogP contribution in [0.2, 0.25) is 0 Å². The molecule has 1 aromatic rings. The first-order valence-electron chi connectivity index (χ1n) is 6.12. The lowest BCUT2D eigenvalue weighted by atomic mass is 9.94. The number of carbonyl (C=O) groups excluding carboxylic acids is 1. The zero-order valence-electron chi connectivity index (χ0n) is 10.9. The van der Waals surface area contributed by atoms with Gasteiger partial charge in [0.2, 0.25) is 5.91 Å². The monoisotopic (exact) mass is 269 g/mol. The van der Waals surface area contributed by atoms with Crippen LogP contribution in [0.4, 0.5) is 0 Å². The Labute approximate surface area is 113 Å². The van der Waals surface area contributed by atoms with E-state index in [-0.39, 0.29) is 12.5 Å². The highest BCUT2D eigenvalue weighted by atomic mass is 35.5. The van der Waals surface area contributed by atoms with Crippen molar-refractivity contribution in [3.05, 3.63) is 35.9 Å². The van der Waals surface area contributed by atoms with Crippen molar-refractivity contribution in [1.29, 1.82) is 0 Å². The summed E-state index contributed by atoms with van der Waals surface area (Å²) < 4.78 is 5.22. The van der Waals surface area contributed by atoms with Crippen LogP contribution in [0.15, 0.2) is 30.3 Å². The predicted octanol–water partition coefficient (Wildman–Crippen LogP) is 2.68. The molecule has 1 rings (SSSR count). The van der Waals surface area contributed by atoms with Crippen LogP contribution in [0, 0.1) is 0 Å². The van der Waals surface area contributed by atoms with Gasteiger partial charge in [0.1, 0.15) is 6.61 Å². The Bertz CT molecular complexity index is 369. The smallest absolute Gasteiger partial charge is 0.246 e. The van der Waals surface area contributed by atoms with Crippen molar-refractivity contribution >= 4 is 17.5 Å². The molecule has 0 aromatic heterocycles. The third-order valence-electron chi connectivity index (χ3n) is 2.68. The first-order chi connectivity index (χ1) is 8.62. The Morgan fingerprint density at radius 1 is 1.39 bits per heavy atom. The summed E-state index contributed by atoms with van der Waals surface area (Å²) in [5, 5.41) is 2.92. The fraction of sp³-hybridized carbons (Fsp3) is 0.500. The van der Waals surface area contributed by atoms with E-state index in [1.165, 1.54) is 0 Å². The molecule has 1 atom stereocenters. The highest BCUT2D eigenvalue weighted by Crippen LogP contribution is 2.21. The number of benzene rings is 1. The van der Waals surface area contributed by atoms with Gasteiger partial charge in [0.15, 0.2) is 0 Å². The van der Waals surface area contributed by atoms with Crippen molar-refractivity contribution in [2.45, 2.75) is 25.8 Å². The first-order valence-corrected chi connectivity index (χ1v) is 6.66. The van der Waals surface area contributed by atoms with Gasteiger partial charge in [0.25, 0.3) is 0 Å². The van der Waals surface area contributed by atoms with Crippen LogP contribution in [-0.4, -0.2) is 25.0 Å². The Morgan fingerprint density at radius 2 is 2.06 bits per heavy atom. The molecule has 0 spiro atoms. The van der Waals surface area contributed by atoms with E-state index in [1.807, 2.05) is 44.2 Å². The lowest BCUT2D eigenvalue weighted by Gasteiger charge is -2.29. The molecule has 0 bridgehead atoms. The number of nitrogens with one attached hydrogen (secondary N) is 1. The van der Waals surface area contributed by atoms with Crippen molar-refractivity contribution in [1.82, 2.24) is 5.32 Å². The highest BCUT2D eigenvalue weighted by molar-refractivity contribution is 6.18. The van der Waals surface area contributed by atoms with Crippen LogP contribution in [0.1, 0.15) is 25.8 Å². The maximum absolute atomic E-state index is 11.8. The lowest BCUT2D eigenvalue weighted by molar-refractivity contribution is -0.127. The predicted molar refractivity (Wildman–Crippen MR) is 73.8 cm³/mol. The summed E-state index contributed by atoms with van der Waals surface area (Å²) in [5.74, 6) is 0.173. The minimum atomic E-state index is -0.560. The van der Waals surface area contributed by atoms with E-state index in [1.54, 1.807) is 0 Å². The molecular weight excluding hydrogens is 250 g/mol. The molecule has 0 aliphatic rings. The Hall–Kier alpha value is -1.06. The molecule has 18 heavy (non-hydrogen) atoms. The van der Waals surface area contributed by atoms with E-state index >= 15 is 0 Å². The minimum absolute atomic E-state index is 0.0765. The second-order valence-electron chi connectivity index (χ2n) is 4.43. The van der Waals surface area contributed by atoms with Crippen molar-refractivity contribution in [2.75, 3.05) is 19.1 Å². The summed E-state index contributed by atoms with van der Waals surface area (Å²) in [6, 6.07) is 9.70. The summed E-state index contributed by atoms with van der Waals surface area (Å²) in [4.78, 5) is 11.8. The number of rotatable bonds is 7. The van der Waals surface area contributed by atoms with Crippen molar-refractivity contribution in [3.8, 4) is 0 Å². The highest BCUT2D eigenvalue weighted by Gasteiger charge is 2.27. The van der Waals surface area contributed by atoms with Gasteiger partial charge in [-0.3, -0.25) is 4.79 Å². The molecule has 1 N–H and O–H groups in total. The molecule has 1 aromatic carbocycles. The van der Waals surface area contributed by atoms with E-state index in [0.29, 0.717) is 12.5 Å². The zero-order valence-corrected chi connectivity index (χ0v) is 11.7. The molecule has 0 saturated heterocycles. The summed E-state index contributed by atoms with van der Waals surface area (Å²) in [5.41, 5.74) is 0.430. The lowest BCUT2D eigenvalue weighted by Crippen LogP contribution is -2.46. The SMILES string of the molecule is CCCOCC(=O)NC(C)(CCl)c1ccccc1. The van der Waals surface area contributed by atoms with Gasteiger partial charge in [-0.05, 0) is 18.9 Å². The van der Waals surface area contributed by atoms with Gasteiger partial charge in [-0.15, -0.1) is 11.6 Å². The molecule has 4 heteroatoms. The molecule has 0 aliphatic heterocycles. The number of amides is 1. The van der Waals surface area contributed by atoms with Crippen molar-refractivity contribution in [3.63, 3.8) is 0 Å². The minimum Gasteiger partial charge on any atom is -0.372 e. The molecule has 1 amide bonds. The summed E-state index contributed by atoms with van der Waals surface area (Å²) in [6.07, 6.45) is 0.902. The summed E-state index contributed by atoms with van der Waals surface area (Å²) in [6.45, 7) is 4.58. The van der Waals surface area contributed by atoms with Gasteiger partial charge in [0, 0.05) is 12.5 Å². The normalized spacial score (nSPS) is 13.9. The topological polar surface area (TPSA) is 38.3 Å². The van der Waals surface area contributed by atoms with Crippen LogP contribution in [0.25, 0.3) is 0 Å². The maximum atomic E-state index is 11.8. The Kier molecular flexibility index (Phi) is 6.16. The molecule has 0 fully saturated rings. The van der Waals surface area contributed by atoms with Crippen LogP contribution in [0.5, 0.6) is 0 Å². The van der Waals surface area contributed by atoms with E-state index < -0.39 is 5.54 Å². The van der Waals surface area contributed by atoms with E-state index in [0.717, 1.165) is 12.0 Å². The van der Waals surface area contributed by atoms with Crippen LogP contribution in [0.3, 0.4) is 0 Å².